The fraction of sp³-hybridized carbons (Fsp3) is 0.217. The van der Waals surface area contributed by atoms with Gasteiger partial charge in [0.25, 0.3) is 5.91 Å². The van der Waals surface area contributed by atoms with E-state index in [4.69, 9.17) is 4.42 Å². The number of hydrogen-bond acceptors (Lipinski definition) is 5. The van der Waals surface area contributed by atoms with Crippen LogP contribution in [-0.2, 0) is 27.7 Å². The summed E-state index contributed by atoms with van der Waals surface area (Å²) in [5.74, 6) is -0.244. The van der Waals surface area contributed by atoms with Crippen LogP contribution in [0, 0.1) is 6.92 Å². The predicted octanol–water partition coefficient (Wildman–Crippen LogP) is 3.00. The van der Waals surface area contributed by atoms with Gasteiger partial charge in [-0.2, -0.15) is 0 Å². The molecule has 3 rings (SSSR count). The van der Waals surface area contributed by atoms with Gasteiger partial charge in [0.1, 0.15) is 5.76 Å². The van der Waals surface area contributed by atoms with Crippen LogP contribution in [0.2, 0.25) is 0 Å². The quantitative estimate of drug-likeness (QED) is 0.532. The minimum atomic E-state index is -3.52. The summed E-state index contributed by atoms with van der Waals surface area (Å²) in [6.07, 6.45) is 1.40. The molecule has 1 heterocycles. The summed E-state index contributed by atoms with van der Waals surface area (Å²) in [6.45, 7) is 2.35. The van der Waals surface area contributed by atoms with Crippen molar-refractivity contribution >= 4 is 21.7 Å². The van der Waals surface area contributed by atoms with E-state index in [1.165, 1.54) is 6.26 Å². The Kier molecular flexibility index (Phi) is 7.25. The number of nitrogens with one attached hydrogen (secondary N) is 2. The van der Waals surface area contributed by atoms with Crippen molar-refractivity contribution in [2.24, 2.45) is 0 Å². The summed E-state index contributed by atoms with van der Waals surface area (Å²) in [4.78, 5) is 24.6. The molecule has 0 spiro atoms. The molecule has 8 heteroatoms. The van der Waals surface area contributed by atoms with E-state index in [0.717, 1.165) is 11.1 Å². The van der Waals surface area contributed by atoms with E-state index < -0.39 is 9.84 Å². The Morgan fingerprint density at radius 1 is 0.935 bits per heavy atom. The smallest absolute Gasteiger partial charge is 0.251 e. The number of furan rings is 1. The SMILES string of the molecule is Cc1ccc(S(=O)(=O)CCC(=O)NCc2cccc(C(=O)NCc3ccco3)c2)cc1. The van der Waals surface area contributed by atoms with E-state index in [9.17, 15) is 18.0 Å². The molecule has 0 bridgehead atoms. The van der Waals surface area contributed by atoms with E-state index in [2.05, 4.69) is 10.6 Å². The summed E-state index contributed by atoms with van der Waals surface area (Å²) in [7, 11) is -3.52. The molecule has 162 valence electrons. The third kappa shape index (κ3) is 6.55. The van der Waals surface area contributed by atoms with Gasteiger partial charge in [-0.15, -0.1) is 0 Å². The lowest BCUT2D eigenvalue weighted by atomic mass is 10.1. The third-order valence-corrected chi connectivity index (χ3v) is 6.39. The van der Waals surface area contributed by atoms with Gasteiger partial charge in [-0.05, 0) is 48.9 Å². The zero-order chi connectivity index (χ0) is 22.3. The van der Waals surface area contributed by atoms with Crippen LogP contribution in [-0.4, -0.2) is 26.0 Å². The number of carbonyl (C=O) groups is 2. The molecule has 7 nitrogen and oxygen atoms in total. The Balaban J connectivity index is 1.49. The van der Waals surface area contributed by atoms with Gasteiger partial charge in [0.2, 0.25) is 5.91 Å². The van der Waals surface area contributed by atoms with Gasteiger partial charge in [-0.3, -0.25) is 9.59 Å². The summed E-state index contributed by atoms with van der Waals surface area (Å²) >= 11 is 0. The Morgan fingerprint density at radius 2 is 1.71 bits per heavy atom. The van der Waals surface area contributed by atoms with Crippen molar-refractivity contribution in [3.8, 4) is 0 Å². The first-order valence-electron chi connectivity index (χ1n) is 9.79. The van der Waals surface area contributed by atoms with Crippen LogP contribution in [0.5, 0.6) is 0 Å². The van der Waals surface area contributed by atoms with Crippen molar-refractivity contribution in [1.82, 2.24) is 10.6 Å². The molecule has 0 atom stereocenters. The molecule has 1 aromatic heterocycles. The van der Waals surface area contributed by atoms with Crippen molar-refractivity contribution in [3.63, 3.8) is 0 Å². The number of carbonyl (C=O) groups excluding carboxylic acids is 2. The van der Waals surface area contributed by atoms with E-state index >= 15 is 0 Å². The van der Waals surface area contributed by atoms with Crippen LogP contribution < -0.4 is 10.6 Å². The van der Waals surface area contributed by atoms with Crippen molar-refractivity contribution in [3.05, 3.63) is 89.4 Å². The van der Waals surface area contributed by atoms with Gasteiger partial charge < -0.3 is 15.1 Å². The van der Waals surface area contributed by atoms with Crippen molar-refractivity contribution < 1.29 is 22.4 Å². The first-order chi connectivity index (χ1) is 14.8. The summed E-state index contributed by atoms with van der Waals surface area (Å²) in [5.41, 5.74) is 2.16. The average molecular weight is 441 g/mol. The second-order valence-electron chi connectivity index (χ2n) is 7.12. The Hall–Kier alpha value is -3.39. The molecule has 0 fully saturated rings. The zero-order valence-corrected chi connectivity index (χ0v) is 17.9. The average Bonchev–Trinajstić information content (AvgIpc) is 3.29. The maximum Gasteiger partial charge on any atom is 0.251 e. The van der Waals surface area contributed by atoms with Crippen LogP contribution in [0.4, 0.5) is 0 Å². The monoisotopic (exact) mass is 440 g/mol. The largest absolute Gasteiger partial charge is 0.467 e. The van der Waals surface area contributed by atoms with Crippen LogP contribution in [0.3, 0.4) is 0 Å². The molecular formula is C23H24N2O5S. The molecule has 2 amide bonds. The maximum atomic E-state index is 12.4. The molecule has 31 heavy (non-hydrogen) atoms. The molecule has 3 aromatic rings. The maximum absolute atomic E-state index is 12.4. The van der Waals surface area contributed by atoms with Crippen molar-refractivity contribution in [2.45, 2.75) is 31.3 Å². The Labute approximate surface area is 181 Å². The van der Waals surface area contributed by atoms with Gasteiger partial charge in [0, 0.05) is 18.5 Å². The molecule has 2 aromatic carbocycles. The molecule has 0 aliphatic carbocycles. The van der Waals surface area contributed by atoms with Gasteiger partial charge in [0.05, 0.1) is 23.5 Å². The van der Waals surface area contributed by atoms with Crippen LogP contribution in [0.1, 0.15) is 33.7 Å². The van der Waals surface area contributed by atoms with Crippen LogP contribution >= 0.6 is 0 Å². The first-order valence-corrected chi connectivity index (χ1v) is 11.4. The fourth-order valence-electron chi connectivity index (χ4n) is 2.88. The Bertz CT molecular complexity index is 1140. The highest BCUT2D eigenvalue weighted by molar-refractivity contribution is 7.91. The molecule has 0 aliphatic heterocycles. The molecule has 0 radical (unpaired) electrons. The van der Waals surface area contributed by atoms with Gasteiger partial charge in [-0.1, -0.05) is 29.8 Å². The molecular weight excluding hydrogens is 416 g/mol. The van der Waals surface area contributed by atoms with E-state index in [-0.39, 0.29) is 42.0 Å². The van der Waals surface area contributed by atoms with Gasteiger partial charge in [-0.25, -0.2) is 8.42 Å². The molecule has 0 aliphatic rings. The lowest BCUT2D eigenvalue weighted by Crippen LogP contribution is -2.26. The second-order valence-corrected chi connectivity index (χ2v) is 9.23. The summed E-state index contributed by atoms with van der Waals surface area (Å²) < 4.78 is 29.9. The normalized spacial score (nSPS) is 11.1. The van der Waals surface area contributed by atoms with Crippen molar-refractivity contribution in [1.29, 1.82) is 0 Å². The minimum Gasteiger partial charge on any atom is -0.467 e. The zero-order valence-electron chi connectivity index (χ0n) is 17.1. The minimum absolute atomic E-state index is 0.139. The van der Waals surface area contributed by atoms with Crippen LogP contribution in [0.25, 0.3) is 0 Å². The molecule has 0 saturated heterocycles. The number of hydrogen-bond donors (Lipinski definition) is 2. The van der Waals surface area contributed by atoms with E-state index in [0.29, 0.717) is 11.3 Å². The highest BCUT2D eigenvalue weighted by Crippen LogP contribution is 2.13. The van der Waals surface area contributed by atoms with E-state index in [1.807, 2.05) is 6.92 Å². The predicted molar refractivity (Wildman–Crippen MR) is 116 cm³/mol. The lowest BCUT2D eigenvalue weighted by Gasteiger charge is -2.09. The first kappa shape index (κ1) is 22.3. The number of amides is 2. The second kappa shape index (κ2) is 10.1. The highest BCUT2D eigenvalue weighted by atomic mass is 32.2. The summed E-state index contributed by atoms with van der Waals surface area (Å²) in [5, 5.41) is 5.47. The molecule has 2 N–H and O–H groups in total. The lowest BCUT2D eigenvalue weighted by molar-refractivity contribution is -0.120. The number of rotatable bonds is 9. The van der Waals surface area contributed by atoms with Gasteiger partial charge in [0.15, 0.2) is 9.84 Å². The topological polar surface area (TPSA) is 105 Å². The highest BCUT2D eigenvalue weighted by Gasteiger charge is 2.16. The Morgan fingerprint density at radius 3 is 2.42 bits per heavy atom. The summed E-state index contributed by atoms with van der Waals surface area (Å²) in [6, 6.07) is 16.9. The third-order valence-electron chi connectivity index (χ3n) is 4.66. The molecule has 0 unspecified atom stereocenters. The van der Waals surface area contributed by atoms with Crippen molar-refractivity contribution in [2.75, 3.05) is 5.75 Å². The molecule has 0 saturated carbocycles. The van der Waals surface area contributed by atoms with Gasteiger partial charge >= 0.3 is 0 Å². The fourth-order valence-corrected chi connectivity index (χ4v) is 4.13. The number of aryl methyl sites for hydroxylation is 1. The number of sulfone groups is 1. The van der Waals surface area contributed by atoms with E-state index in [1.54, 1.807) is 60.7 Å². The standard InChI is InChI=1S/C23H24N2O5S/c1-17-7-9-21(10-8-17)31(28,29)13-11-22(26)24-15-18-4-2-5-19(14-18)23(27)25-16-20-6-3-12-30-20/h2-10,12,14H,11,13,15-16H2,1H3,(H,24,26)(H,25,27). The number of benzene rings is 2. The van der Waals surface area contributed by atoms with Crippen LogP contribution in [0.15, 0.2) is 76.2 Å².